The largest absolute Gasteiger partial charge is 0.444 e. The SMILES string of the molecule is C=N/C(=C\C(=C/C)c1nc(C(=O)Nc2cn(-c3ccc(CNCCOCCOCCn4c(=O)n(C5CCC(=O)NC5=O)c5ccccc54)cc3)nc2C(F)F)co1)NCC1CC1. The number of fused-ring (bicyclic) bond motifs is 1. The number of halogens is 2. The molecule has 19 heteroatoms. The summed E-state index contributed by atoms with van der Waals surface area (Å²) in [5.41, 5.74) is 2.13. The van der Waals surface area contributed by atoms with Crippen molar-refractivity contribution in [3.05, 3.63) is 112 Å². The molecule has 3 aromatic heterocycles. The van der Waals surface area contributed by atoms with Crippen LogP contribution in [0.15, 0.2) is 93.2 Å². The van der Waals surface area contributed by atoms with Crippen LogP contribution in [0.4, 0.5) is 14.5 Å². The van der Waals surface area contributed by atoms with Crippen molar-refractivity contribution in [2.75, 3.05) is 44.8 Å². The number of oxazole rings is 1. The minimum Gasteiger partial charge on any atom is -0.444 e. The van der Waals surface area contributed by atoms with E-state index in [4.69, 9.17) is 13.9 Å². The maximum Gasteiger partial charge on any atom is 0.329 e. The minimum atomic E-state index is -2.96. The number of ether oxygens (including phenoxy) is 2. The maximum absolute atomic E-state index is 14.1. The van der Waals surface area contributed by atoms with E-state index < -0.39 is 30.0 Å². The van der Waals surface area contributed by atoms with Gasteiger partial charge in [-0.15, -0.1) is 0 Å². The molecule has 1 aliphatic heterocycles. The fourth-order valence-corrected chi connectivity index (χ4v) is 6.91. The van der Waals surface area contributed by atoms with E-state index in [1.165, 1.54) is 28.3 Å². The molecule has 0 radical (unpaired) electrons. The number of aromatic nitrogens is 5. The molecule has 2 aromatic carbocycles. The molecule has 1 aliphatic carbocycles. The summed E-state index contributed by atoms with van der Waals surface area (Å²) in [4.78, 5) is 58.9. The average Bonchev–Trinajstić information content (AvgIpc) is 3.66. The number of nitrogens with zero attached hydrogens (tertiary/aromatic N) is 6. The second kappa shape index (κ2) is 20.3. The van der Waals surface area contributed by atoms with Gasteiger partial charge in [0.2, 0.25) is 17.7 Å². The van der Waals surface area contributed by atoms with Crippen molar-refractivity contribution in [1.29, 1.82) is 0 Å². The van der Waals surface area contributed by atoms with E-state index in [9.17, 15) is 28.0 Å². The van der Waals surface area contributed by atoms with E-state index in [0.717, 1.165) is 18.4 Å². The van der Waals surface area contributed by atoms with Gasteiger partial charge in [0.05, 0.1) is 61.6 Å². The molecule has 62 heavy (non-hydrogen) atoms. The van der Waals surface area contributed by atoms with Crippen molar-refractivity contribution in [2.45, 2.75) is 58.2 Å². The Balaban J connectivity index is 0.831. The third kappa shape index (κ3) is 10.7. The molecule has 1 saturated carbocycles. The van der Waals surface area contributed by atoms with Crippen molar-refractivity contribution in [3.8, 4) is 5.69 Å². The summed E-state index contributed by atoms with van der Waals surface area (Å²) < 4.78 is 49.4. The fraction of sp³-hybridized carbons (Fsp3) is 0.372. The number of nitrogens with one attached hydrogen (secondary N) is 4. The van der Waals surface area contributed by atoms with Crippen LogP contribution in [-0.2, 0) is 32.2 Å². The van der Waals surface area contributed by atoms with Crippen LogP contribution in [0.25, 0.3) is 22.3 Å². The van der Waals surface area contributed by atoms with Crippen LogP contribution in [0.2, 0.25) is 0 Å². The second-order valence-electron chi connectivity index (χ2n) is 14.7. The van der Waals surface area contributed by atoms with Gasteiger partial charge in [0.1, 0.15) is 18.1 Å². The van der Waals surface area contributed by atoms with Gasteiger partial charge >= 0.3 is 5.69 Å². The van der Waals surface area contributed by atoms with E-state index in [2.05, 4.69) is 43.1 Å². The zero-order valence-electron chi connectivity index (χ0n) is 34.1. The van der Waals surface area contributed by atoms with Crippen molar-refractivity contribution in [1.82, 2.24) is 39.8 Å². The van der Waals surface area contributed by atoms with Crippen LogP contribution in [0.3, 0.4) is 0 Å². The van der Waals surface area contributed by atoms with E-state index in [0.29, 0.717) is 66.9 Å². The Morgan fingerprint density at radius 3 is 2.52 bits per heavy atom. The van der Waals surface area contributed by atoms with Gasteiger partial charge in [0.25, 0.3) is 12.3 Å². The molecular weight excluding hydrogens is 807 g/mol. The number of carbonyl (C=O) groups excluding carboxylic acids is 3. The molecule has 2 aliphatic rings. The Hall–Kier alpha value is -6.57. The summed E-state index contributed by atoms with van der Waals surface area (Å²) in [6, 6.07) is 13.6. The number of allylic oxidation sites excluding steroid dienone is 3. The highest BCUT2D eigenvalue weighted by atomic mass is 19.3. The molecule has 5 aromatic rings. The highest BCUT2D eigenvalue weighted by Gasteiger charge is 2.31. The van der Waals surface area contributed by atoms with Gasteiger partial charge in [-0.3, -0.25) is 28.8 Å². The van der Waals surface area contributed by atoms with Gasteiger partial charge in [-0.25, -0.2) is 28.2 Å². The smallest absolute Gasteiger partial charge is 0.329 e. The molecular formula is C43H48F2N10O7. The lowest BCUT2D eigenvalue weighted by atomic mass is 10.1. The van der Waals surface area contributed by atoms with Crippen LogP contribution >= 0.6 is 0 Å². The van der Waals surface area contributed by atoms with Gasteiger partial charge < -0.3 is 29.8 Å². The third-order valence-corrected chi connectivity index (χ3v) is 10.4. The topological polar surface area (TPSA) is 201 Å². The van der Waals surface area contributed by atoms with Crippen LogP contribution in [0, 0.1) is 5.92 Å². The number of hydrogen-bond donors (Lipinski definition) is 4. The number of piperidine rings is 1. The number of alkyl halides is 2. The van der Waals surface area contributed by atoms with Crippen molar-refractivity contribution >= 4 is 46.7 Å². The Kier molecular flexibility index (Phi) is 14.3. The Labute approximate surface area is 354 Å². The average molecular weight is 855 g/mol. The van der Waals surface area contributed by atoms with Crippen molar-refractivity contribution < 1.29 is 37.1 Å². The number of benzene rings is 2. The lowest BCUT2D eigenvalue weighted by Crippen LogP contribution is -2.44. The summed E-state index contributed by atoms with van der Waals surface area (Å²) >= 11 is 0. The number of rotatable bonds is 22. The number of imide groups is 1. The molecule has 3 amide bonds. The van der Waals surface area contributed by atoms with Crippen LogP contribution in [0.5, 0.6) is 0 Å². The molecule has 4 heterocycles. The first kappa shape index (κ1) is 43.5. The van der Waals surface area contributed by atoms with Crippen molar-refractivity contribution in [2.24, 2.45) is 10.9 Å². The number of imidazole rings is 1. The molecule has 17 nitrogen and oxygen atoms in total. The lowest BCUT2D eigenvalue weighted by Gasteiger charge is -2.21. The van der Waals surface area contributed by atoms with Crippen molar-refractivity contribution in [3.63, 3.8) is 0 Å². The second-order valence-corrected chi connectivity index (χ2v) is 14.7. The number of para-hydroxylation sites is 2. The van der Waals surface area contributed by atoms with E-state index in [1.54, 1.807) is 47.9 Å². The molecule has 1 saturated heterocycles. The van der Waals surface area contributed by atoms with Crippen LogP contribution in [0.1, 0.15) is 72.7 Å². The first-order valence-electron chi connectivity index (χ1n) is 20.4. The van der Waals surface area contributed by atoms with Crippen LogP contribution in [-0.4, -0.2) is 87.9 Å². The Morgan fingerprint density at radius 1 is 1.05 bits per heavy atom. The van der Waals surface area contributed by atoms with Crippen LogP contribution < -0.4 is 27.0 Å². The summed E-state index contributed by atoms with van der Waals surface area (Å²) in [5.74, 6) is -0.244. The molecule has 1 unspecified atom stereocenters. The Morgan fingerprint density at radius 2 is 1.81 bits per heavy atom. The monoisotopic (exact) mass is 854 g/mol. The normalized spacial score (nSPS) is 16.0. The number of aliphatic imine (C=N–C) groups is 1. The first-order chi connectivity index (χ1) is 30.1. The highest BCUT2D eigenvalue weighted by Crippen LogP contribution is 2.29. The molecule has 2 fully saturated rings. The molecule has 4 N–H and O–H groups in total. The van der Waals surface area contributed by atoms with Gasteiger partial charge in [0, 0.05) is 31.6 Å². The van der Waals surface area contributed by atoms with Gasteiger partial charge in [-0.1, -0.05) is 30.3 Å². The predicted molar refractivity (Wildman–Crippen MR) is 226 cm³/mol. The molecule has 7 rings (SSSR count). The Bertz CT molecular complexity index is 2520. The van der Waals surface area contributed by atoms with E-state index >= 15 is 0 Å². The van der Waals surface area contributed by atoms with E-state index in [-0.39, 0.29) is 54.9 Å². The van der Waals surface area contributed by atoms with Gasteiger partial charge in [0.15, 0.2) is 11.4 Å². The summed E-state index contributed by atoms with van der Waals surface area (Å²) in [6.07, 6.45) is 5.76. The summed E-state index contributed by atoms with van der Waals surface area (Å²) in [6.45, 7) is 8.87. The minimum absolute atomic E-state index is 0.100. The zero-order chi connectivity index (χ0) is 43.6. The predicted octanol–water partition coefficient (Wildman–Crippen LogP) is 4.91. The summed E-state index contributed by atoms with van der Waals surface area (Å²) in [5, 5.41) is 15.4. The number of amides is 3. The number of anilines is 1. The zero-order valence-corrected chi connectivity index (χ0v) is 34.1. The number of carbonyl (C=O) groups is 3. The molecule has 0 bridgehead atoms. The summed E-state index contributed by atoms with van der Waals surface area (Å²) in [7, 11) is 0. The van der Waals surface area contributed by atoms with Gasteiger partial charge in [-0.2, -0.15) is 5.10 Å². The highest BCUT2D eigenvalue weighted by molar-refractivity contribution is 6.03. The quantitative estimate of drug-likeness (QED) is 0.0319. The maximum atomic E-state index is 14.1. The third-order valence-electron chi connectivity index (χ3n) is 10.4. The lowest BCUT2D eigenvalue weighted by molar-refractivity contribution is -0.135. The van der Waals surface area contributed by atoms with Gasteiger partial charge in [-0.05, 0) is 74.7 Å². The standard InChI is InChI=1S/C43H48F2N10O7/c1-3-29(22-36(46-2)48-24-28-8-9-28)42-50-32(26-62-42)40(57)49-31-25-54(52-38(31)39(44)45)30-12-10-27(11-13-30)23-47-16-18-60-20-21-61-19-17-53-33-6-4-5-7-34(33)55(43(53)59)35-14-15-37(56)51-41(35)58/h3-7,10-13,22,25-26,28,35,39,47-48H,2,8-9,14-21,23-24H2,1H3,(H,49,57)(H,51,56,58)/b29-3+,36-22+. The molecule has 0 spiro atoms. The first-order valence-corrected chi connectivity index (χ1v) is 20.4. The van der Waals surface area contributed by atoms with E-state index in [1.807, 2.05) is 24.3 Å². The fourth-order valence-electron chi connectivity index (χ4n) is 6.91. The number of hydrogen-bond acceptors (Lipinski definition) is 12. The molecule has 1 atom stereocenters. The molecule has 326 valence electrons.